The van der Waals surface area contributed by atoms with E-state index in [2.05, 4.69) is 0 Å². The summed E-state index contributed by atoms with van der Waals surface area (Å²) in [5.41, 5.74) is 1.39. The maximum atomic E-state index is 11.0. The lowest BCUT2D eigenvalue weighted by molar-refractivity contribution is -0.385. The van der Waals surface area contributed by atoms with E-state index in [0.717, 1.165) is 5.56 Å². The third kappa shape index (κ3) is 2.89. The van der Waals surface area contributed by atoms with E-state index >= 15 is 0 Å². The van der Waals surface area contributed by atoms with Gasteiger partial charge in [0, 0.05) is 6.07 Å². The minimum absolute atomic E-state index is 0.0508. The van der Waals surface area contributed by atoms with Crippen LogP contribution >= 0.6 is 0 Å². The van der Waals surface area contributed by atoms with Crippen molar-refractivity contribution in [2.75, 3.05) is 0 Å². The van der Waals surface area contributed by atoms with Crippen molar-refractivity contribution in [2.45, 2.75) is 13.5 Å². The van der Waals surface area contributed by atoms with Gasteiger partial charge in [-0.2, -0.15) is 0 Å². The van der Waals surface area contributed by atoms with Crippen molar-refractivity contribution in [3.05, 3.63) is 63.7 Å². The third-order valence-electron chi connectivity index (χ3n) is 2.71. The average molecular weight is 259 g/mol. The first kappa shape index (κ1) is 13.0. The molecule has 0 saturated carbocycles. The maximum absolute atomic E-state index is 11.0. The molecule has 5 nitrogen and oxygen atoms in total. The van der Waals surface area contributed by atoms with Gasteiger partial charge >= 0.3 is 5.69 Å². The highest BCUT2D eigenvalue weighted by atomic mass is 16.6. The highest BCUT2D eigenvalue weighted by molar-refractivity contribution is 5.53. The Morgan fingerprint density at radius 3 is 2.47 bits per heavy atom. The quantitative estimate of drug-likeness (QED) is 0.676. The van der Waals surface area contributed by atoms with E-state index in [1.165, 1.54) is 6.07 Å². The number of aliphatic hydroxyl groups is 1. The van der Waals surface area contributed by atoms with Crippen LogP contribution in [0.25, 0.3) is 0 Å². The summed E-state index contributed by atoms with van der Waals surface area (Å²) in [6.45, 7) is 1.70. The molecular weight excluding hydrogens is 246 g/mol. The van der Waals surface area contributed by atoms with Crippen LogP contribution in [0.3, 0.4) is 0 Å². The summed E-state index contributed by atoms with van der Waals surface area (Å²) >= 11 is 0. The van der Waals surface area contributed by atoms with Crippen LogP contribution in [0.2, 0.25) is 0 Å². The van der Waals surface area contributed by atoms with Gasteiger partial charge in [-0.1, -0.05) is 24.3 Å². The van der Waals surface area contributed by atoms with Crippen molar-refractivity contribution < 1.29 is 14.8 Å². The minimum atomic E-state index is -0.468. The molecule has 0 saturated heterocycles. The van der Waals surface area contributed by atoms with Crippen LogP contribution in [0, 0.1) is 17.0 Å². The second kappa shape index (κ2) is 5.49. The normalized spacial score (nSPS) is 10.2. The van der Waals surface area contributed by atoms with Crippen molar-refractivity contribution in [3.8, 4) is 11.5 Å². The maximum Gasteiger partial charge on any atom is 0.311 e. The van der Waals surface area contributed by atoms with E-state index in [9.17, 15) is 10.1 Å². The molecule has 0 aliphatic rings. The number of hydrogen-bond donors (Lipinski definition) is 1. The smallest absolute Gasteiger partial charge is 0.311 e. The Balaban J connectivity index is 2.34. The van der Waals surface area contributed by atoms with E-state index in [4.69, 9.17) is 9.84 Å². The molecule has 0 aliphatic heterocycles. The number of aliphatic hydroxyl groups excluding tert-OH is 1. The molecule has 5 heteroatoms. The van der Waals surface area contributed by atoms with Crippen LogP contribution in [0.5, 0.6) is 11.5 Å². The Morgan fingerprint density at radius 1 is 1.21 bits per heavy atom. The van der Waals surface area contributed by atoms with Gasteiger partial charge in [-0.3, -0.25) is 10.1 Å². The fraction of sp³-hybridized carbons (Fsp3) is 0.143. The Kier molecular flexibility index (Phi) is 3.77. The fourth-order valence-electron chi connectivity index (χ4n) is 1.69. The van der Waals surface area contributed by atoms with Gasteiger partial charge in [0.05, 0.1) is 11.5 Å². The molecule has 0 radical (unpaired) electrons. The van der Waals surface area contributed by atoms with Gasteiger partial charge in [0.15, 0.2) is 0 Å². The first-order chi connectivity index (χ1) is 9.11. The molecule has 0 fully saturated rings. The highest BCUT2D eigenvalue weighted by Crippen LogP contribution is 2.34. The molecule has 19 heavy (non-hydrogen) atoms. The van der Waals surface area contributed by atoms with E-state index in [0.29, 0.717) is 11.3 Å². The Hall–Kier alpha value is -2.40. The molecular formula is C14H13NO4. The zero-order chi connectivity index (χ0) is 13.8. The second-order valence-electron chi connectivity index (χ2n) is 4.08. The summed E-state index contributed by atoms with van der Waals surface area (Å²) < 4.78 is 5.58. The van der Waals surface area contributed by atoms with Crippen molar-refractivity contribution in [2.24, 2.45) is 0 Å². The van der Waals surface area contributed by atoms with Crippen molar-refractivity contribution >= 4 is 5.69 Å². The predicted molar refractivity (Wildman–Crippen MR) is 70.3 cm³/mol. The average Bonchev–Trinajstić information content (AvgIpc) is 2.41. The second-order valence-corrected chi connectivity index (χ2v) is 4.08. The lowest BCUT2D eigenvalue weighted by atomic mass is 10.2. The molecule has 2 aromatic carbocycles. The van der Waals surface area contributed by atoms with Gasteiger partial charge in [0.1, 0.15) is 5.75 Å². The number of hydrogen-bond acceptors (Lipinski definition) is 4. The molecule has 1 N–H and O–H groups in total. The Morgan fingerprint density at radius 2 is 1.89 bits per heavy atom. The highest BCUT2D eigenvalue weighted by Gasteiger charge is 2.17. The number of para-hydroxylation sites is 1. The van der Waals surface area contributed by atoms with Gasteiger partial charge in [-0.15, -0.1) is 0 Å². The van der Waals surface area contributed by atoms with E-state index in [1.807, 2.05) is 0 Å². The van der Waals surface area contributed by atoms with Crippen molar-refractivity contribution in [3.63, 3.8) is 0 Å². The van der Waals surface area contributed by atoms with Crippen LogP contribution in [0.4, 0.5) is 5.69 Å². The Labute approximate surface area is 110 Å². The zero-order valence-electron chi connectivity index (χ0n) is 10.4. The standard InChI is InChI=1S/C14H13NO4/c1-10-3-2-4-13(15(17)18)14(10)19-12-7-5-11(9-16)6-8-12/h2-8,16H,9H2,1H3. The molecule has 0 unspecified atom stereocenters. The third-order valence-corrected chi connectivity index (χ3v) is 2.71. The van der Waals surface area contributed by atoms with Crippen molar-refractivity contribution in [1.82, 2.24) is 0 Å². The zero-order valence-corrected chi connectivity index (χ0v) is 10.4. The van der Waals surface area contributed by atoms with Gasteiger partial charge in [0.2, 0.25) is 5.75 Å². The van der Waals surface area contributed by atoms with Crippen LogP contribution < -0.4 is 4.74 Å². The van der Waals surface area contributed by atoms with E-state index < -0.39 is 4.92 Å². The number of nitro groups is 1. The summed E-state index contributed by atoms with van der Waals surface area (Å²) in [6, 6.07) is 11.5. The van der Waals surface area contributed by atoms with Gasteiger partial charge < -0.3 is 9.84 Å². The van der Waals surface area contributed by atoms with Gasteiger partial charge in [-0.05, 0) is 30.2 Å². The molecule has 0 bridgehead atoms. The summed E-state index contributed by atoms with van der Waals surface area (Å²) in [6.07, 6.45) is 0. The largest absolute Gasteiger partial charge is 0.450 e. The van der Waals surface area contributed by atoms with Gasteiger partial charge in [-0.25, -0.2) is 0 Å². The lowest BCUT2D eigenvalue weighted by Gasteiger charge is -2.09. The SMILES string of the molecule is Cc1cccc([N+](=O)[O-])c1Oc1ccc(CO)cc1. The van der Waals surface area contributed by atoms with Crippen LogP contribution in [-0.4, -0.2) is 10.0 Å². The minimum Gasteiger partial charge on any atom is -0.450 e. The van der Waals surface area contributed by atoms with E-state index in [1.54, 1.807) is 43.3 Å². The summed E-state index contributed by atoms with van der Waals surface area (Å²) in [7, 11) is 0. The first-order valence-corrected chi connectivity index (χ1v) is 5.73. The Bertz CT molecular complexity index is 593. The van der Waals surface area contributed by atoms with Gasteiger partial charge in [0.25, 0.3) is 0 Å². The number of aryl methyl sites for hydroxylation is 1. The van der Waals surface area contributed by atoms with Crippen LogP contribution in [0.1, 0.15) is 11.1 Å². The molecule has 0 amide bonds. The van der Waals surface area contributed by atoms with Crippen molar-refractivity contribution in [1.29, 1.82) is 0 Å². The number of rotatable bonds is 4. The van der Waals surface area contributed by atoms with E-state index in [-0.39, 0.29) is 18.0 Å². The molecule has 0 aliphatic carbocycles. The number of nitrogens with zero attached hydrogens (tertiary/aromatic N) is 1. The lowest BCUT2D eigenvalue weighted by Crippen LogP contribution is -1.95. The molecule has 0 heterocycles. The number of ether oxygens (including phenoxy) is 1. The number of nitro benzene ring substituents is 1. The molecule has 2 aromatic rings. The summed E-state index contributed by atoms with van der Waals surface area (Å²) in [4.78, 5) is 10.5. The summed E-state index contributed by atoms with van der Waals surface area (Å²) in [5.74, 6) is 0.735. The molecule has 0 atom stereocenters. The van der Waals surface area contributed by atoms with Crippen LogP contribution in [0.15, 0.2) is 42.5 Å². The molecule has 98 valence electrons. The molecule has 0 spiro atoms. The predicted octanol–water partition coefficient (Wildman–Crippen LogP) is 3.19. The van der Waals surface area contributed by atoms with Crippen LogP contribution in [-0.2, 0) is 6.61 Å². The monoisotopic (exact) mass is 259 g/mol. The summed E-state index contributed by atoms with van der Waals surface area (Å²) in [5, 5.41) is 19.9. The topological polar surface area (TPSA) is 72.6 Å². The fourth-order valence-corrected chi connectivity index (χ4v) is 1.69. The molecule has 0 aromatic heterocycles. The molecule has 2 rings (SSSR count). The first-order valence-electron chi connectivity index (χ1n) is 5.73. The number of benzene rings is 2.